The molecule has 15 heavy (non-hydrogen) atoms. The number of phenolic OH excluding ortho intramolecular Hbond substituents is 1. The van der Waals surface area contributed by atoms with Crippen molar-refractivity contribution in [2.45, 2.75) is 17.0 Å². The van der Waals surface area contributed by atoms with Crippen molar-refractivity contribution < 1.29 is 5.11 Å². The second-order valence-corrected chi connectivity index (χ2v) is 4.12. The molecule has 0 aliphatic carbocycles. The van der Waals surface area contributed by atoms with Crippen molar-refractivity contribution in [3.63, 3.8) is 0 Å². The smallest absolute Gasteiger partial charge is 0.192 e. The van der Waals surface area contributed by atoms with Crippen LogP contribution in [0.4, 0.5) is 0 Å². The summed E-state index contributed by atoms with van der Waals surface area (Å²) in [7, 11) is 0. The number of hydrogen-bond donors (Lipinski definition) is 1. The van der Waals surface area contributed by atoms with Crippen molar-refractivity contribution in [1.29, 1.82) is 0 Å². The Morgan fingerprint density at radius 3 is 2.53 bits per heavy atom. The molecule has 1 heterocycles. The first kappa shape index (κ1) is 9.98. The molecule has 1 aromatic heterocycles. The molecule has 0 radical (unpaired) electrons. The van der Waals surface area contributed by atoms with E-state index in [9.17, 15) is 0 Å². The molecule has 3 nitrogen and oxygen atoms in total. The standard InChI is InChI=1S/C11H10N2OS/c1-8-6-7-12-11(13-8)15-10-4-2-9(14)3-5-10/h2-7,14H,1H3. The second-order valence-electron chi connectivity index (χ2n) is 3.08. The maximum absolute atomic E-state index is 9.13. The Morgan fingerprint density at radius 2 is 1.87 bits per heavy atom. The first-order valence-corrected chi connectivity index (χ1v) is 5.32. The molecule has 0 amide bonds. The predicted octanol–water partition coefficient (Wildman–Crippen LogP) is 2.64. The predicted molar refractivity (Wildman–Crippen MR) is 59.0 cm³/mol. The highest BCUT2D eigenvalue weighted by Gasteiger charge is 2.00. The fourth-order valence-corrected chi connectivity index (χ4v) is 1.88. The van der Waals surface area contributed by atoms with Crippen molar-refractivity contribution >= 4 is 11.8 Å². The van der Waals surface area contributed by atoms with Crippen LogP contribution in [0.25, 0.3) is 0 Å². The van der Waals surface area contributed by atoms with Crippen LogP contribution in [-0.2, 0) is 0 Å². The molecular weight excluding hydrogens is 208 g/mol. The molecule has 0 saturated heterocycles. The average Bonchev–Trinajstić information content (AvgIpc) is 2.22. The lowest BCUT2D eigenvalue weighted by Gasteiger charge is -2.00. The Labute approximate surface area is 92.2 Å². The van der Waals surface area contributed by atoms with Crippen molar-refractivity contribution in [2.75, 3.05) is 0 Å². The summed E-state index contributed by atoms with van der Waals surface area (Å²) in [4.78, 5) is 9.44. The third-order valence-corrected chi connectivity index (χ3v) is 2.71. The zero-order chi connectivity index (χ0) is 10.7. The molecule has 2 aromatic rings. The molecule has 2 rings (SSSR count). The van der Waals surface area contributed by atoms with E-state index >= 15 is 0 Å². The zero-order valence-electron chi connectivity index (χ0n) is 8.21. The molecule has 0 aliphatic rings. The molecular formula is C11H10N2OS. The van der Waals surface area contributed by atoms with Crippen molar-refractivity contribution in [1.82, 2.24) is 9.97 Å². The minimum atomic E-state index is 0.268. The average molecular weight is 218 g/mol. The Balaban J connectivity index is 2.18. The Hall–Kier alpha value is -1.55. The summed E-state index contributed by atoms with van der Waals surface area (Å²) in [6.45, 7) is 1.93. The molecule has 4 heteroatoms. The third-order valence-electron chi connectivity index (χ3n) is 1.82. The van der Waals surface area contributed by atoms with Crippen LogP contribution in [0.3, 0.4) is 0 Å². The van der Waals surface area contributed by atoms with Crippen LogP contribution in [0, 0.1) is 6.92 Å². The van der Waals surface area contributed by atoms with Crippen molar-refractivity contribution in [3.8, 4) is 5.75 Å². The number of aromatic hydroxyl groups is 1. The first-order valence-electron chi connectivity index (χ1n) is 4.50. The van der Waals surface area contributed by atoms with Gasteiger partial charge in [-0.2, -0.15) is 0 Å². The van der Waals surface area contributed by atoms with E-state index in [1.165, 1.54) is 11.8 Å². The molecule has 0 spiro atoms. The summed E-state index contributed by atoms with van der Waals surface area (Å²) >= 11 is 1.48. The number of hydrogen-bond acceptors (Lipinski definition) is 4. The molecule has 1 aromatic carbocycles. The van der Waals surface area contributed by atoms with Crippen molar-refractivity contribution in [3.05, 3.63) is 42.2 Å². The highest BCUT2D eigenvalue weighted by atomic mass is 32.2. The minimum absolute atomic E-state index is 0.268. The normalized spacial score (nSPS) is 10.2. The summed E-state index contributed by atoms with van der Waals surface area (Å²) in [5.41, 5.74) is 0.950. The fraction of sp³-hybridized carbons (Fsp3) is 0.0909. The van der Waals surface area contributed by atoms with E-state index in [1.807, 2.05) is 25.1 Å². The Bertz CT molecular complexity index is 456. The van der Waals surface area contributed by atoms with Crippen LogP contribution >= 0.6 is 11.8 Å². The van der Waals surface area contributed by atoms with Gasteiger partial charge in [0.05, 0.1) is 0 Å². The van der Waals surface area contributed by atoms with E-state index in [2.05, 4.69) is 9.97 Å². The topological polar surface area (TPSA) is 46.0 Å². The summed E-state index contributed by atoms with van der Waals surface area (Å²) in [5.74, 6) is 0.268. The van der Waals surface area contributed by atoms with Gasteiger partial charge < -0.3 is 5.11 Å². The van der Waals surface area contributed by atoms with Crippen LogP contribution in [0.2, 0.25) is 0 Å². The van der Waals surface area contributed by atoms with Crippen molar-refractivity contribution in [2.24, 2.45) is 0 Å². The third kappa shape index (κ3) is 2.70. The molecule has 1 N–H and O–H groups in total. The zero-order valence-corrected chi connectivity index (χ0v) is 9.03. The van der Waals surface area contributed by atoms with Crippen LogP contribution in [0.5, 0.6) is 5.75 Å². The van der Waals surface area contributed by atoms with E-state index in [1.54, 1.807) is 18.3 Å². The van der Waals surface area contributed by atoms with E-state index in [0.717, 1.165) is 15.7 Å². The number of phenols is 1. The summed E-state index contributed by atoms with van der Waals surface area (Å²) in [5, 5.41) is 9.85. The lowest BCUT2D eigenvalue weighted by atomic mass is 10.3. The Morgan fingerprint density at radius 1 is 1.13 bits per heavy atom. The van der Waals surface area contributed by atoms with E-state index in [4.69, 9.17) is 5.11 Å². The van der Waals surface area contributed by atoms with Crippen LogP contribution in [0.15, 0.2) is 46.6 Å². The van der Waals surface area contributed by atoms with Gasteiger partial charge in [0.25, 0.3) is 0 Å². The molecule has 0 atom stereocenters. The van der Waals surface area contributed by atoms with Gasteiger partial charge in [0.1, 0.15) is 5.75 Å². The van der Waals surface area contributed by atoms with Gasteiger partial charge >= 0.3 is 0 Å². The molecule has 0 saturated carbocycles. The number of benzene rings is 1. The van der Waals surface area contributed by atoms with Gasteiger partial charge in [-0.25, -0.2) is 9.97 Å². The highest BCUT2D eigenvalue weighted by Crippen LogP contribution is 2.25. The molecule has 0 bridgehead atoms. The first-order chi connectivity index (χ1) is 7.24. The van der Waals surface area contributed by atoms with Gasteiger partial charge in [-0.1, -0.05) is 0 Å². The minimum Gasteiger partial charge on any atom is -0.508 e. The van der Waals surface area contributed by atoms with Gasteiger partial charge in [-0.15, -0.1) is 0 Å². The quantitative estimate of drug-likeness (QED) is 0.787. The van der Waals surface area contributed by atoms with Gasteiger partial charge in [0, 0.05) is 16.8 Å². The molecule has 76 valence electrons. The SMILES string of the molecule is Cc1ccnc(Sc2ccc(O)cc2)n1. The number of aromatic nitrogens is 2. The Kier molecular flexibility index (Phi) is 2.87. The fourth-order valence-electron chi connectivity index (χ4n) is 1.09. The van der Waals surface area contributed by atoms with Gasteiger partial charge in [0.15, 0.2) is 5.16 Å². The van der Waals surface area contributed by atoms with Crippen LogP contribution < -0.4 is 0 Å². The maximum Gasteiger partial charge on any atom is 0.192 e. The van der Waals surface area contributed by atoms with Gasteiger partial charge in [-0.05, 0) is 49.0 Å². The van der Waals surface area contributed by atoms with Crippen LogP contribution in [0.1, 0.15) is 5.69 Å². The lowest BCUT2D eigenvalue weighted by Crippen LogP contribution is -1.87. The van der Waals surface area contributed by atoms with Crippen LogP contribution in [-0.4, -0.2) is 15.1 Å². The van der Waals surface area contributed by atoms with E-state index in [0.29, 0.717) is 0 Å². The molecule has 0 unspecified atom stereocenters. The lowest BCUT2D eigenvalue weighted by molar-refractivity contribution is 0.475. The summed E-state index contributed by atoms with van der Waals surface area (Å²) in [6.07, 6.45) is 1.74. The monoisotopic (exact) mass is 218 g/mol. The summed E-state index contributed by atoms with van der Waals surface area (Å²) in [6, 6.07) is 8.84. The molecule has 0 aliphatic heterocycles. The summed E-state index contributed by atoms with van der Waals surface area (Å²) < 4.78 is 0. The highest BCUT2D eigenvalue weighted by molar-refractivity contribution is 7.99. The number of aryl methyl sites for hydroxylation is 1. The maximum atomic E-state index is 9.13. The molecule has 0 fully saturated rings. The van der Waals surface area contributed by atoms with E-state index < -0.39 is 0 Å². The number of nitrogens with zero attached hydrogens (tertiary/aromatic N) is 2. The van der Waals surface area contributed by atoms with Gasteiger partial charge in [0.2, 0.25) is 0 Å². The number of rotatable bonds is 2. The van der Waals surface area contributed by atoms with Gasteiger partial charge in [-0.3, -0.25) is 0 Å². The van der Waals surface area contributed by atoms with E-state index in [-0.39, 0.29) is 5.75 Å². The largest absolute Gasteiger partial charge is 0.508 e. The second kappa shape index (κ2) is 4.31.